The van der Waals surface area contributed by atoms with E-state index in [9.17, 15) is 14.7 Å². The molecule has 0 radical (unpaired) electrons. The fraction of sp³-hybridized carbons (Fsp3) is 0.185. The molecule has 2 atom stereocenters. The van der Waals surface area contributed by atoms with E-state index < -0.39 is 24.0 Å². The van der Waals surface area contributed by atoms with Gasteiger partial charge in [0.25, 0.3) is 5.22 Å². The minimum Gasteiger partial charge on any atom is -0.480 e. The van der Waals surface area contributed by atoms with E-state index in [0.29, 0.717) is 23.3 Å². The van der Waals surface area contributed by atoms with Gasteiger partial charge in [-0.15, -0.1) is 10.2 Å². The molecular weight excluding hydrogens is 476 g/mol. The van der Waals surface area contributed by atoms with Crippen molar-refractivity contribution in [3.63, 3.8) is 0 Å². The summed E-state index contributed by atoms with van der Waals surface area (Å²) in [5.74, 6) is -0.591. The van der Waals surface area contributed by atoms with Crippen LogP contribution in [0.15, 0.2) is 94.6 Å². The Labute approximate surface area is 212 Å². The van der Waals surface area contributed by atoms with Gasteiger partial charge in [0.1, 0.15) is 6.04 Å². The number of carboxylic acid groups (broad SMARTS) is 1. The summed E-state index contributed by atoms with van der Waals surface area (Å²) in [4.78, 5) is 24.4. The van der Waals surface area contributed by atoms with Gasteiger partial charge in [0, 0.05) is 17.7 Å². The van der Waals surface area contributed by atoms with Gasteiger partial charge in [0.15, 0.2) is 0 Å². The molecule has 8 nitrogen and oxygen atoms in total. The van der Waals surface area contributed by atoms with Crippen molar-refractivity contribution in [1.29, 1.82) is 0 Å². The number of rotatable bonds is 11. The predicted molar refractivity (Wildman–Crippen MR) is 137 cm³/mol. The molecule has 9 heteroatoms. The van der Waals surface area contributed by atoms with Crippen molar-refractivity contribution in [2.75, 3.05) is 0 Å². The van der Waals surface area contributed by atoms with Crippen LogP contribution in [0, 0.1) is 0 Å². The highest BCUT2D eigenvalue weighted by Crippen LogP contribution is 2.26. The Morgan fingerprint density at radius 1 is 0.889 bits per heavy atom. The molecule has 0 aliphatic rings. The summed E-state index contributed by atoms with van der Waals surface area (Å²) in [7, 11) is 0. The number of benzene rings is 3. The Morgan fingerprint density at radius 2 is 1.56 bits per heavy atom. The number of thioether (sulfide) groups is 1. The Balaban J connectivity index is 1.34. The van der Waals surface area contributed by atoms with Crippen LogP contribution in [0.2, 0.25) is 0 Å². The SMILES string of the molecule is NC(Cc1ccccc1)C(=O)NC(Cc1cccc(CSc2nnc(-c3ccccc3)o2)c1)C(=O)O. The second-order valence-electron chi connectivity index (χ2n) is 8.25. The molecule has 4 aromatic rings. The summed E-state index contributed by atoms with van der Waals surface area (Å²) in [6.45, 7) is 0. The zero-order valence-corrected chi connectivity index (χ0v) is 20.2. The maximum absolute atomic E-state index is 12.6. The van der Waals surface area contributed by atoms with Gasteiger partial charge in [-0.25, -0.2) is 4.79 Å². The van der Waals surface area contributed by atoms with E-state index in [2.05, 4.69) is 15.5 Å². The van der Waals surface area contributed by atoms with Crippen LogP contribution in [0.4, 0.5) is 0 Å². The third kappa shape index (κ3) is 7.03. The quantitative estimate of drug-likeness (QED) is 0.265. The number of hydrogen-bond acceptors (Lipinski definition) is 7. The lowest BCUT2D eigenvalue weighted by molar-refractivity contribution is -0.141. The first-order valence-corrected chi connectivity index (χ1v) is 12.4. The van der Waals surface area contributed by atoms with E-state index in [0.717, 1.165) is 22.3 Å². The van der Waals surface area contributed by atoms with E-state index in [1.807, 2.05) is 84.9 Å². The molecule has 0 fully saturated rings. The lowest BCUT2D eigenvalue weighted by Crippen LogP contribution is -2.50. The van der Waals surface area contributed by atoms with Gasteiger partial charge >= 0.3 is 5.97 Å². The highest BCUT2D eigenvalue weighted by molar-refractivity contribution is 7.98. The second kappa shape index (κ2) is 12.1. The summed E-state index contributed by atoms with van der Waals surface area (Å²) in [6, 6.07) is 24.5. The topological polar surface area (TPSA) is 131 Å². The Bertz CT molecular complexity index is 1300. The van der Waals surface area contributed by atoms with Crippen molar-refractivity contribution in [3.05, 3.63) is 102 Å². The molecule has 2 unspecified atom stereocenters. The molecule has 36 heavy (non-hydrogen) atoms. The maximum Gasteiger partial charge on any atom is 0.326 e. The summed E-state index contributed by atoms with van der Waals surface area (Å²) in [6.07, 6.45) is 0.462. The van der Waals surface area contributed by atoms with Crippen LogP contribution in [0.25, 0.3) is 11.5 Å². The first-order valence-electron chi connectivity index (χ1n) is 11.4. The number of carbonyl (C=O) groups is 2. The lowest BCUT2D eigenvalue weighted by atomic mass is 10.0. The average Bonchev–Trinajstić information content (AvgIpc) is 3.37. The van der Waals surface area contributed by atoms with Crippen molar-refractivity contribution >= 4 is 23.6 Å². The van der Waals surface area contributed by atoms with E-state index >= 15 is 0 Å². The van der Waals surface area contributed by atoms with Crippen LogP contribution in [-0.4, -0.2) is 39.3 Å². The van der Waals surface area contributed by atoms with Crippen molar-refractivity contribution in [2.24, 2.45) is 5.73 Å². The third-order valence-corrected chi connectivity index (χ3v) is 6.36. The van der Waals surface area contributed by atoms with Crippen molar-refractivity contribution in [1.82, 2.24) is 15.5 Å². The zero-order chi connectivity index (χ0) is 25.3. The normalized spacial score (nSPS) is 12.6. The first kappa shape index (κ1) is 25.2. The van der Waals surface area contributed by atoms with E-state index in [-0.39, 0.29) is 6.42 Å². The predicted octanol–water partition coefficient (Wildman–Crippen LogP) is 3.71. The lowest BCUT2D eigenvalue weighted by Gasteiger charge is -2.18. The molecule has 0 spiro atoms. The van der Waals surface area contributed by atoms with Gasteiger partial charge < -0.3 is 20.6 Å². The molecular formula is C27H26N4O4S. The second-order valence-corrected chi connectivity index (χ2v) is 9.17. The molecule has 3 aromatic carbocycles. The Hall–Kier alpha value is -3.95. The Kier molecular flexibility index (Phi) is 8.48. The molecule has 0 bridgehead atoms. The van der Waals surface area contributed by atoms with Crippen LogP contribution >= 0.6 is 11.8 Å². The number of nitrogens with one attached hydrogen (secondary N) is 1. The molecule has 1 heterocycles. The summed E-state index contributed by atoms with van der Waals surface area (Å²) < 4.78 is 5.73. The molecule has 1 amide bonds. The van der Waals surface area contributed by atoms with Gasteiger partial charge in [-0.2, -0.15) is 0 Å². The molecule has 1 aromatic heterocycles. The van der Waals surface area contributed by atoms with Gasteiger partial charge in [-0.1, -0.05) is 84.6 Å². The van der Waals surface area contributed by atoms with Gasteiger partial charge in [0.05, 0.1) is 6.04 Å². The van der Waals surface area contributed by atoms with Gasteiger partial charge in [-0.3, -0.25) is 4.79 Å². The number of amides is 1. The molecule has 0 saturated heterocycles. The van der Waals surface area contributed by atoms with E-state index in [1.165, 1.54) is 11.8 Å². The number of carbonyl (C=O) groups excluding carboxylic acids is 1. The molecule has 4 rings (SSSR count). The average molecular weight is 503 g/mol. The fourth-order valence-corrected chi connectivity index (χ4v) is 4.34. The maximum atomic E-state index is 12.6. The summed E-state index contributed by atoms with van der Waals surface area (Å²) >= 11 is 1.40. The number of carboxylic acids is 1. The monoisotopic (exact) mass is 502 g/mol. The standard InChI is InChI=1S/C27H26N4O4S/c28-22(15-18-8-3-1-4-9-18)24(32)29-23(26(33)34)16-19-10-7-11-20(14-19)17-36-27-31-30-25(35-27)21-12-5-2-6-13-21/h1-14,22-23H,15-17,28H2,(H,29,32)(H,33,34). The molecule has 184 valence electrons. The number of hydrogen-bond donors (Lipinski definition) is 3. The Morgan fingerprint density at radius 3 is 2.28 bits per heavy atom. The highest BCUT2D eigenvalue weighted by atomic mass is 32.2. The van der Waals surface area contributed by atoms with Crippen LogP contribution in [-0.2, 0) is 28.2 Å². The highest BCUT2D eigenvalue weighted by Gasteiger charge is 2.24. The number of aromatic nitrogens is 2. The minimum absolute atomic E-state index is 0.135. The van der Waals surface area contributed by atoms with Crippen molar-refractivity contribution in [2.45, 2.75) is 35.9 Å². The van der Waals surface area contributed by atoms with Crippen molar-refractivity contribution < 1.29 is 19.1 Å². The first-order chi connectivity index (χ1) is 17.5. The van der Waals surface area contributed by atoms with Crippen LogP contribution in [0.3, 0.4) is 0 Å². The molecule has 0 aliphatic heterocycles. The van der Waals surface area contributed by atoms with Gasteiger partial charge in [-0.05, 0) is 35.2 Å². The van der Waals surface area contributed by atoms with Crippen LogP contribution < -0.4 is 11.1 Å². The number of nitrogens with two attached hydrogens (primary N) is 1. The number of nitrogens with zero attached hydrogens (tertiary/aromatic N) is 2. The smallest absolute Gasteiger partial charge is 0.326 e. The molecule has 0 aliphatic carbocycles. The molecule has 4 N–H and O–H groups in total. The van der Waals surface area contributed by atoms with E-state index in [1.54, 1.807) is 0 Å². The van der Waals surface area contributed by atoms with Crippen molar-refractivity contribution in [3.8, 4) is 11.5 Å². The summed E-state index contributed by atoms with van der Waals surface area (Å²) in [5.41, 5.74) is 9.53. The number of aliphatic carboxylic acids is 1. The van der Waals surface area contributed by atoms with Crippen LogP contribution in [0.1, 0.15) is 16.7 Å². The van der Waals surface area contributed by atoms with Crippen LogP contribution in [0.5, 0.6) is 0 Å². The third-order valence-electron chi connectivity index (χ3n) is 5.47. The minimum atomic E-state index is -1.12. The zero-order valence-electron chi connectivity index (χ0n) is 19.4. The summed E-state index contributed by atoms with van der Waals surface area (Å²) in [5, 5.41) is 20.9. The largest absolute Gasteiger partial charge is 0.480 e. The van der Waals surface area contributed by atoms with Gasteiger partial charge in [0.2, 0.25) is 11.8 Å². The molecule has 0 saturated carbocycles. The van der Waals surface area contributed by atoms with E-state index in [4.69, 9.17) is 10.2 Å². The fourth-order valence-electron chi connectivity index (χ4n) is 3.63.